The van der Waals surface area contributed by atoms with Crippen molar-refractivity contribution in [2.24, 2.45) is 0 Å². The van der Waals surface area contributed by atoms with Crippen molar-refractivity contribution >= 4 is 54.6 Å². The zero-order chi connectivity index (χ0) is 28.1. The van der Waals surface area contributed by atoms with E-state index < -0.39 is 0 Å². The normalized spacial score (nSPS) is 11.5. The van der Waals surface area contributed by atoms with E-state index in [-0.39, 0.29) is 0 Å². The van der Waals surface area contributed by atoms with Crippen LogP contribution in [0.3, 0.4) is 0 Å². The van der Waals surface area contributed by atoms with Crippen LogP contribution in [0.1, 0.15) is 31.4 Å². The number of furan rings is 2. The maximum Gasteiger partial charge on any atom is 0.136 e. The fourth-order valence-electron chi connectivity index (χ4n) is 5.81. The van der Waals surface area contributed by atoms with Crippen molar-refractivity contribution < 1.29 is 8.83 Å². The molecule has 0 fully saturated rings. The molecule has 0 saturated carbocycles. The van der Waals surface area contributed by atoms with Crippen molar-refractivity contribution in [2.45, 2.75) is 34.1 Å². The summed E-state index contributed by atoms with van der Waals surface area (Å²) >= 11 is 0. The summed E-state index contributed by atoms with van der Waals surface area (Å²) in [5, 5.41) is 6.93. The first-order chi connectivity index (χ1) is 20.0. The second-order valence-electron chi connectivity index (χ2n) is 11.0. The summed E-state index contributed by atoms with van der Waals surface area (Å²) in [7, 11) is 0. The smallest absolute Gasteiger partial charge is 0.136 e. The van der Waals surface area contributed by atoms with Gasteiger partial charge < -0.3 is 8.83 Å². The molecule has 0 atom stereocenters. The van der Waals surface area contributed by atoms with E-state index in [0.717, 1.165) is 43.9 Å². The Morgan fingerprint density at radius 1 is 0.390 bits per heavy atom. The SMILES string of the molecule is CCC.Cc1ccc(-c2ccc3oc4ccc5c(ccc6oc7ccc(-c8ccc(C)cc8)cc7c65)c4c3c2)cc1. The second-order valence-corrected chi connectivity index (χ2v) is 11.0. The monoisotopic (exact) mass is 532 g/mol. The molecule has 2 heterocycles. The fraction of sp³-hybridized carbons (Fsp3) is 0.128. The summed E-state index contributed by atoms with van der Waals surface area (Å²) in [6, 6.07) is 38.9. The lowest BCUT2D eigenvalue weighted by Crippen LogP contribution is -1.80. The Morgan fingerprint density at radius 3 is 1.12 bits per heavy atom. The van der Waals surface area contributed by atoms with Crippen LogP contribution >= 0.6 is 0 Å². The van der Waals surface area contributed by atoms with Gasteiger partial charge in [-0.2, -0.15) is 0 Å². The van der Waals surface area contributed by atoms with Crippen LogP contribution in [0.25, 0.3) is 76.9 Å². The van der Waals surface area contributed by atoms with Gasteiger partial charge in [-0.15, -0.1) is 0 Å². The third-order valence-electron chi connectivity index (χ3n) is 7.83. The van der Waals surface area contributed by atoms with Crippen molar-refractivity contribution in [3.05, 3.63) is 120 Å². The van der Waals surface area contributed by atoms with Crippen molar-refractivity contribution in [3.8, 4) is 22.3 Å². The van der Waals surface area contributed by atoms with Crippen LogP contribution in [0, 0.1) is 13.8 Å². The van der Waals surface area contributed by atoms with Gasteiger partial charge in [0.2, 0.25) is 0 Å². The van der Waals surface area contributed by atoms with Gasteiger partial charge in [0.1, 0.15) is 22.3 Å². The average Bonchev–Trinajstić information content (AvgIpc) is 3.56. The number of aryl methyl sites for hydroxylation is 2. The fourth-order valence-corrected chi connectivity index (χ4v) is 5.81. The molecule has 0 radical (unpaired) electrons. The zero-order valence-corrected chi connectivity index (χ0v) is 23.9. The molecule has 0 aliphatic heterocycles. The first kappa shape index (κ1) is 25.2. The molecule has 6 aromatic carbocycles. The van der Waals surface area contributed by atoms with E-state index in [1.54, 1.807) is 0 Å². The third kappa shape index (κ3) is 4.28. The third-order valence-corrected chi connectivity index (χ3v) is 7.83. The average molecular weight is 533 g/mol. The maximum atomic E-state index is 6.31. The van der Waals surface area contributed by atoms with Crippen LogP contribution in [0.2, 0.25) is 0 Å². The van der Waals surface area contributed by atoms with Gasteiger partial charge in [-0.1, -0.05) is 92.1 Å². The van der Waals surface area contributed by atoms with Crippen LogP contribution in [0.4, 0.5) is 0 Å². The molecule has 2 aromatic heterocycles. The molecule has 8 aromatic rings. The maximum absolute atomic E-state index is 6.31. The lowest BCUT2D eigenvalue weighted by molar-refractivity contribution is 0.668. The molecule has 0 amide bonds. The van der Waals surface area contributed by atoms with E-state index in [9.17, 15) is 0 Å². The summed E-state index contributed by atoms with van der Waals surface area (Å²) < 4.78 is 12.6. The molecule has 0 aliphatic carbocycles. The Hall–Kier alpha value is -4.82. The van der Waals surface area contributed by atoms with Gasteiger partial charge >= 0.3 is 0 Å². The molecule has 8 rings (SSSR count). The number of hydrogen-bond acceptors (Lipinski definition) is 2. The van der Waals surface area contributed by atoms with Crippen LogP contribution in [-0.2, 0) is 0 Å². The molecule has 0 saturated heterocycles. The number of rotatable bonds is 2. The van der Waals surface area contributed by atoms with Gasteiger partial charge in [-0.05, 0) is 95.4 Å². The molecular formula is C39H32O2. The van der Waals surface area contributed by atoms with Crippen molar-refractivity contribution in [1.29, 1.82) is 0 Å². The van der Waals surface area contributed by atoms with Gasteiger partial charge in [0.25, 0.3) is 0 Å². The molecular weight excluding hydrogens is 500 g/mol. The quantitative estimate of drug-likeness (QED) is 0.221. The number of fused-ring (bicyclic) bond motifs is 9. The molecule has 2 heteroatoms. The highest BCUT2D eigenvalue weighted by molar-refractivity contribution is 6.27. The van der Waals surface area contributed by atoms with Crippen molar-refractivity contribution in [1.82, 2.24) is 0 Å². The molecule has 0 spiro atoms. The highest BCUT2D eigenvalue weighted by Gasteiger charge is 2.17. The summed E-state index contributed by atoms with van der Waals surface area (Å²) in [4.78, 5) is 0. The van der Waals surface area contributed by atoms with Gasteiger partial charge in [0.15, 0.2) is 0 Å². The number of benzene rings is 6. The van der Waals surface area contributed by atoms with E-state index in [4.69, 9.17) is 8.83 Å². The van der Waals surface area contributed by atoms with E-state index >= 15 is 0 Å². The molecule has 41 heavy (non-hydrogen) atoms. The van der Waals surface area contributed by atoms with Crippen LogP contribution in [-0.4, -0.2) is 0 Å². The predicted molar refractivity (Wildman–Crippen MR) is 175 cm³/mol. The van der Waals surface area contributed by atoms with E-state index in [2.05, 4.69) is 137 Å². The molecule has 0 unspecified atom stereocenters. The van der Waals surface area contributed by atoms with Gasteiger partial charge in [-0.3, -0.25) is 0 Å². The molecule has 0 aliphatic rings. The number of hydrogen-bond donors (Lipinski definition) is 0. The summed E-state index contributed by atoms with van der Waals surface area (Å²) in [5.41, 5.74) is 10.9. The first-order valence-corrected chi connectivity index (χ1v) is 14.4. The summed E-state index contributed by atoms with van der Waals surface area (Å²) in [5.74, 6) is 0. The summed E-state index contributed by atoms with van der Waals surface area (Å²) in [6.07, 6.45) is 1.25. The Kier molecular flexibility index (Phi) is 6.12. The largest absolute Gasteiger partial charge is 0.456 e. The highest BCUT2D eigenvalue weighted by atomic mass is 16.3. The Morgan fingerprint density at radius 2 is 0.732 bits per heavy atom. The molecule has 2 nitrogen and oxygen atoms in total. The highest BCUT2D eigenvalue weighted by Crippen LogP contribution is 2.42. The molecule has 0 bridgehead atoms. The lowest BCUT2D eigenvalue weighted by atomic mass is 9.96. The van der Waals surface area contributed by atoms with Crippen LogP contribution in [0.15, 0.2) is 118 Å². The van der Waals surface area contributed by atoms with Gasteiger partial charge in [-0.25, -0.2) is 0 Å². The minimum atomic E-state index is 0.904. The van der Waals surface area contributed by atoms with E-state index in [1.807, 2.05) is 0 Å². The van der Waals surface area contributed by atoms with Gasteiger partial charge in [0.05, 0.1) is 0 Å². The van der Waals surface area contributed by atoms with Crippen LogP contribution in [0.5, 0.6) is 0 Å². The Bertz CT molecular complexity index is 2030. The molecule has 0 N–H and O–H groups in total. The van der Waals surface area contributed by atoms with Gasteiger partial charge in [0, 0.05) is 21.5 Å². The van der Waals surface area contributed by atoms with Crippen molar-refractivity contribution in [2.75, 3.05) is 0 Å². The topological polar surface area (TPSA) is 26.3 Å². The Labute approximate surface area is 239 Å². The minimum Gasteiger partial charge on any atom is -0.456 e. The lowest BCUT2D eigenvalue weighted by Gasteiger charge is -2.05. The first-order valence-electron chi connectivity index (χ1n) is 14.4. The minimum absolute atomic E-state index is 0.904. The van der Waals surface area contributed by atoms with E-state index in [0.29, 0.717) is 0 Å². The van der Waals surface area contributed by atoms with Crippen LogP contribution < -0.4 is 0 Å². The molecule has 200 valence electrons. The zero-order valence-electron chi connectivity index (χ0n) is 23.9. The summed E-state index contributed by atoms with van der Waals surface area (Å²) in [6.45, 7) is 8.49. The predicted octanol–water partition coefficient (Wildman–Crippen LogP) is 12.0. The van der Waals surface area contributed by atoms with Crippen molar-refractivity contribution in [3.63, 3.8) is 0 Å². The Balaban J connectivity index is 0.000000884. The second kappa shape index (κ2) is 9.98. The standard InChI is InChI=1S/C36H24O2.C3H8/c1-21-3-7-23(8-4-21)25-11-15-31-29(19-25)35-27-13-18-34-36(28(27)14-17-33(35)37-31)30-20-26(12-16-32(30)38-34)24-9-5-22(2)6-10-24;1-3-2/h3-20H,1-2H3;3H2,1-2H3. The van der Waals surface area contributed by atoms with E-state index in [1.165, 1.54) is 50.6 Å².